The summed E-state index contributed by atoms with van der Waals surface area (Å²) < 4.78 is 0. The highest BCUT2D eigenvalue weighted by Gasteiger charge is 2.42. The number of nitrogens with zero attached hydrogens (tertiary/aromatic N) is 2. The Labute approximate surface area is 137 Å². The van der Waals surface area contributed by atoms with Crippen LogP contribution in [-0.4, -0.2) is 59.6 Å². The lowest BCUT2D eigenvalue weighted by atomic mass is 10.2. The molecule has 2 rings (SSSR count). The van der Waals surface area contributed by atoms with Crippen molar-refractivity contribution in [3.63, 3.8) is 0 Å². The van der Waals surface area contributed by atoms with Gasteiger partial charge in [-0.2, -0.15) is 0 Å². The van der Waals surface area contributed by atoms with Gasteiger partial charge in [0.2, 0.25) is 5.91 Å². The predicted molar refractivity (Wildman–Crippen MR) is 83.0 cm³/mol. The molecule has 24 heavy (non-hydrogen) atoms. The lowest BCUT2D eigenvalue weighted by Crippen LogP contribution is -2.38. The molecule has 1 aliphatic heterocycles. The van der Waals surface area contributed by atoms with E-state index in [1.54, 1.807) is 25.1 Å². The number of likely N-dealkylation sites (N-methyl/N-ethyl adjacent to an activating group) is 1. The highest BCUT2D eigenvalue weighted by Crippen LogP contribution is 2.13. The molecular weight excluding hydrogens is 316 g/mol. The van der Waals surface area contributed by atoms with Gasteiger partial charge in [-0.25, -0.2) is 9.69 Å². The van der Waals surface area contributed by atoms with Gasteiger partial charge in [0, 0.05) is 24.8 Å². The van der Waals surface area contributed by atoms with Crippen LogP contribution in [0.1, 0.15) is 17.3 Å². The van der Waals surface area contributed by atoms with Crippen LogP contribution in [0.4, 0.5) is 10.5 Å². The molecule has 0 saturated carbocycles. The zero-order chi connectivity index (χ0) is 17.9. The third-order valence-electron chi connectivity index (χ3n) is 3.30. The Hall–Kier alpha value is -3.23. The Morgan fingerprint density at radius 2 is 1.83 bits per heavy atom. The minimum atomic E-state index is -1.05. The fourth-order valence-corrected chi connectivity index (χ4v) is 2.10. The van der Waals surface area contributed by atoms with Crippen molar-refractivity contribution in [1.29, 1.82) is 0 Å². The molecule has 1 saturated heterocycles. The van der Waals surface area contributed by atoms with Crippen LogP contribution in [0, 0.1) is 0 Å². The van der Waals surface area contributed by atoms with Crippen molar-refractivity contribution in [3.05, 3.63) is 29.8 Å². The van der Waals surface area contributed by atoms with Crippen molar-refractivity contribution in [2.75, 3.05) is 25.5 Å². The summed E-state index contributed by atoms with van der Waals surface area (Å²) in [5, 5.41) is 5.11. The summed E-state index contributed by atoms with van der Waals surface area (Å²) in [5.74, 6) is -2.97. The molecule has 126 valence electrons. The number of carbonyl (C=O) groups is 5. The number of imide groups is 2. The zero-order valence-corrected chi connectivity index (χ0v) is 13.2. The number of urea groups is 1. The first-order valence-electron chi connectivity index (χ1n) is 7.16. The normalized spacial score (nSPS) is 14.2. The van der Waals surface area contributed by atoms with Crippen LogP contribution in [0.15, 0.2) is 24.3 Å². The Kier molecular flexibility index (Phi) is 4.93. The van der Waals surface area contributed by atoms with Crippen LogP contribution in [-0.2, 0) is 14.4 Å². The van der Waals surface area contributed by atoms with E-state index in [1.165, 1.54) is 6.07 Å². The van der Waals surface area contributed by atoms with Crippen LogP contribution in [0.5, 0.6) is 0 Å². The average Bonchev–Trinajstić information content (AvgIpc) is 2.73. The first kappa shape index (κ1) is 17.1. The quantitative estimate of drug-likeness (QED) is 0.572. The van der Waals surface area contributed by atoms with Crippen molar-refractivity contribution < 1.29 is 24.0 Å². The standard InChI is InChI=1S/C15H16N4O5/c1-3-16-12(21)9-5-4-6-10(7-9)17-11(20)8-19-14(23)13(22)18(2)15(19)24/h4-7H,3,8H2,1-2H3,(H,16,21)(H,17,20). The molecule has 0 spiro atoms. The summed E-state index contributed by atoms with van der Waals surface area (Å²) in [5.41, 5.74) is 0.695. The van der Waals surface area contributed by atoms with Crippen molar-refractivity contribution in [1.82, 2.24) is 15.1 Å². The van der Waals surface area contributed by atoms with Crippen molar-refractivity contribution in [3.8, 4) is 0 Å². The molecule has 0 unspecified atom stereocenters. The molecule has 0 atom stereocenters. The van der Waals surface area contributed by atoms with E-state index >= 15 is 0 Å². The fourth-order valence-electron chi connectivity index (χ4n) is 2.10. The highest BCUT2D eigenvalue weighted by molar-refractivity contribution is 6.44. The first-order chi connectivity index (χ1) is 11.3. The van der Waals surface area contributed by atoms with E-state index in [4.69, 9.17) is 0 Å². The topological polar surface area (TPSA) is 116 Å². The number of benzene rings is 1. The highest BCUT2D eigenvalue weighted by atomic mass is 16.2. The Balaban J connectivity index is 2.04. The van der Waals surface area contributed by atoms with Gasteiger partial charge in [-0.3, -0.25) is 24.1 Å². The lowest BCUT2D eigenvalue weighted by Gasteiger charge is -2.13. The maximum atomic E-state index is 12.0. The second kappa shape index (κ2) is 6.90. The number of hydrogen-bond acceptors (Lipinski definition) is 5. The molecule has 9 nitrogen and oxygen atoms in total. The number of carbonyl (C=O) groups excluding carboxylic acids is 5. The molecule has 0 aromatic heterocycles. The Morgan fingerprint density at radius 3 is 2.42 bits per heavy atom. The minimum Gasteiger partial charge on any atom is -0.352 e. The molecule has 1 fully saturated rings. The molecule has 6 amide bonds. The van der Waals surface area contributed by atoms with E-state index in [9.17, 15) is 24.0 Å². The number of hydrogen-bond donors (Lipinski definition) is 2. The second-order valence-electron chi connectivity index (χ2n) is 5.03. The average molecular weight is 332 g/mol. The summed E-state index contributed by atoms with van der Waals surface area (Å²) in [6.45, 7) is 1.67. The number of rotatable bonds is 5. The number of amides is 6. The van der Waals surface area contributed by atoms with Gasteiger partial charge in [0.15, 0.2) is 0 Å². The van der Waals surface area contributed by atoms with Gasteiger partial charge < -0.3 is 10.6 Å². The third-order valence-corrected chi connectivity index (χ3v) is 3.30. The molecule has 1 aliphatic rings. The molecule has 9 heteroatoms. The first-order valence-corrected chi connectivity index (χ1v) is 7.16. The maximum Gasteiger partial charge on any atom is 0.334 e. The van der Waals surface area contributed by atoms with E-state index in [0.717, 1.165) is 7.05 Å². The van der Waals surface area contributed by atoms with Crippen molar-refractivity contribution in [2.45, 2.75) is 6.92 Å². The van der Waals surface area contributed by atoms with Gasteiger partial charge in [-0.05, 0) is 25.1 Å². The smallest absolute Gasteiger partial charge is 0.334 e. The van der Waals surface area contributed by atoms with E-state index in [1.807, 2.05) is 0 Å². The van der Waals surface area contributed by atoms with Gasteiger partial charge in [-0.1, -0.05) is 6.07 Å². The Bertz CT molecular complexity index is 730. The van der Waals surface area contributed by atoms with Gasteiger partial charge >= 0.3 is 17.8 Å². The predicted octanol–water partition coefficient (Wildman–Crippen LogP) is -0.205. The van der Waals surface area contributed by atoms with Gasteiger partial charge in [0.1, 0.15) is 6.54 Å². The summed E-state index contributed by atoms with van der Waals surface area (Å²) in [6, 6.07) is 5.35. The maximum absolute atomic E-state index is 12.0. The third kappa shape index (κ3) is 3.40. The molecular formula is C15H16N4O5. The largest absolute Gasteiger partial charge is 0.352 e. The van der Waals surface area contributed by atoms with E-state index < -0.39 is 30.3 Å². The monoisotopic (exact) mass is 332 g/mol. The van der Waals surface area contributed by atoms with Crippen LogP contribution < -0.4 is 10.6 Å². The molecule has 1 heterocycles. The fraction of sp³-hybridized carbons (Fsp3) is 0.267. The second-order valence-corrected chi connectivity index (χ2v) is 5.03. The van der Waals surface area contributed by atoms with Crippen LogP contribution >= 0.6 is 0 Å². The number of nitrogens with one attached hydrogen (secondary N) is 2. The van der Waals surface area contributed by atoms with Crippen LogP contribution in [0.2, 0.25) is 0 Å². The van der Waals surface area contributed by atoms with Gasteiger partial charge in [-0.15, -0.1) is 0 Å². The minimum absolute atomic E-state index is 0.286. The molecule has 1 aromatic rings. The van der Waals surface area contributed by atoms with Gasteiger partial charge in [0.05, 0.1) is 0 Å². The van der Waals surface area contributed by atoms with Crippen molar-refractivity contribution in [2.24, 2.45) is 0 Å². The molecule has 2 N–H and O–H groups in total. The van der Waals surface area contributed by atoms with Crippen molar-refractivity contribution >= 4 is 35.3 Å². The molecule has 1 aromatic carbocycles. The van der Waals surface area contributed by atoms with Gasteiger partial charge in [0.25, 0.3) is 5.91 Å². The summed E-state index contributed by atoms with van der Waals surface area (Å²) in [4.78, 5) is 59.7. The van der Waals surface area contributed by atoms with E-state index in [0.29, 0.717) is 27.6 Å². The van der Waals surface area contributed by atoms with Crippen LogP contribution in [0.3, 0.4) is 0 Å². The molecule has 0 bridgehead atoms. The number of anilines is 1. The summed E-state index contributed by atoms with van der Waals surface area (Å²) >= 11 is 0. The Morgan fingerprint density at radius 1 is 1.12 bits per heavy atom. The summed E-state index contributed by atoms with van der Waals surface area (Å²) in [7, 11) is 1.16. The SMILES string of the molecule is CCNC(=O)c1cccc(NC(=O)CN2C(=O)C(=O)N(C)C2=O)c1. The molecule has 0 radical (unpaired) electrons. The van der Waals surface area contributed by atoms with Crippen LogP contribution in [0.25, 0.3) is 0 Å². The van der Waals surface area contributed by atoms with E-state index in [2.05, 4.69) is 10.6 Å². The summed E-state index contributed by atoms with van der Waals surface area (Å²) in [6.07, 6.45) is 0. The zero-order valence-electron chi connectivity index (χ0n) is 13.2. The molecule has 0 aliphatic carbocycles. The van der Waals surface area contributed by atoms with E-state index in [-0.39, 0.29) is 5.91 Å². The lowest BCUT2D eigenvalue weighted by molar-refractivity contribution is -0.143.